The summed E-state index contributed by atoms with van der Waals surface area (Å²) in [6.07, 6.45) is 1.47. The Balaban J connectivity index is 1.67. The van der Waals surface area contributed by atoms with Crippen LogP contribution < -0.4 is 19.6 Å². The van der Waals surface area contributed by atoms with Gasteiger partial charge in [0.05, 0.1) is 30.1 Å². The molecule has 3 aromatic rings. The second-order valence-electron chi connectivity index (χ2n) is 6.57. The minimum absolute atomic E-state index is 0.130. The number of hydrazone groups is 1. The third kappa shape index (κ3) is 6.37. The van der Waals surface area contributed by atoms with Crippen LogP contribution in [0.4, 0.5) is 0 Å². The standard InChI is InChI=1S/C23H23IN2O7/c1-4-30-16-6-7-18-15(10-16)11-20(33-18)23(28)26-25-12-14-8-17(24)22(19(9-14)29-3)32-13-21(27)31-5-2/h6-12H,4-5,13H2,1-3H3,(H,26,28)/b25-12+. The van der Waals surface area contributed by atoms with E-state index in [2.05, 4.69) is 33.1 Å². The maximum Gasteiger partial charge on any atom is 0.344 e. The molecule has 0 spiro atoms. The van der Waals surface area contributed by atoms with Crippen LogP contribution in [0.1, 0.15) is 30.0 Å². The molecule has 1 N–H and O–H groups in total. The lowest BCUT2D eigenvalue weighted by atomic mass is 10.2. The van der Waals surface area contributed by atoms with Gasteiger partial charge in [-0.05, 0) is 78.4 Å². The highest BCUT2D eigenvalue weighted by Gasteiger charge is 2.15. The predicted molar refractivity (Wildman–Crippen MR) is 130 cm³/mol. The van der Waals surface area contributed by atoms with Gasteiger partial charge in [-0.3, -0.25) is 4.79 Å². The molecule has 0 atom stereocenters. The minimum atomic E-state index is -0.489. The van der Waals surface area contributed by atoms with Gasteiger partial charge in [0.25, 0.3) is 0 Å². The summed E-state index contributed by atoms with van der Waals surface area (Å²) in [5.41, 5.74) is 3.68. The van der Waals surface area contributed by atoms with E-state index in [0.29, 0.717) is 38.6 Å². The molecule has 33 heavy (non-hydrogen) atoms. The van der Waals surface area contributed by atoms with Gasteiger partial charge in [0.15, 0.2) is 23.9 Å². The number of nitrogens with zero attached hydrogens (tertiary/aromatic N) is 1. The van der Waals surface area contributed by atoms with Gasteiger partial charge in [-0.2, -0.15) is 5.10 Å². The predicted octanol–water partition coefficient (Wildman–Crippen LogP) is 4.15. The molecule has 10 heteroatoms. The number of carbonyl (C=O) groups excluding carboxylic acids is 2. The SMILES string of the molecule is CCOC(=O)COc1c(I)cc(/C=N/NC(=O)c2cc3cc(OCC)ccc3o2)cc1OC. The zero-order valence-corrected chi connectivity index (χ0v) is 20.5. The monoisotopic (exact) mass is 566 g/mol. The number of fused-ring (bicyclic) bond motifs is 1. The third-order valence-corrected chi connectivity index (χ3v) is 5.10. The second kappa shape index (κ2) is 11.5. The van der Waals surface area contributed by atoms with Gasteiger partial charge in [-0.15, -0.1) is 0 Å². The molecule has 0 radical (unpaired) electrons. The van der Waals surface area contributed by atoms with Crippen molar-refractivity contribution in [1.29, 1.82) is 0 Å². The Morgan fingerprint density at radius 1 is 1.12 bits per heavy atom. The first-order valence-electron chi connectivity index (χ1n) is 10.1. The van der Waals surface area contributed by atoms with E-state index < -0.39 is 11.9 Å². The third-order valence-electron chi connectivity index (χ3n) is 4.29. The first-order valence-corrected chi connectivity index (χ1v) is 11.2. The van der Waals surface area contributed by atoms with Crippen molar-refractivity contribution in [1.82, 2.24) is 5.43 Å². The molecule has 0 bridgehead atoms. The highest BCUT2D eigenvalue weighted by molar-refractivity contribution is 14.1. The average molecular weight is 566 g/mol. The van der Waals surface area contributed by atoms with Gasteiger partial charge in [0.2, 0.25) is 0 Å². The first-order chi connectivity index (χ1) is 15.9. The number of methoxy groups -OCH3 is 1. The van der Waals surface area contributed by atoms with Gasteiger partial charge in [-0.1, -0.05) is 0 Å². The molecule has 0 aliphatic rings. The van der Waals surface area contributed by atoms with Crippen molar-refractivity contribution < 1.29 is 33.0 Å². The Kier molecular flexibility index (Phi) is 8.52. The number of benzene rings is 2. The zero-order valence-electron chi connectivity index (χ0n) is 18.3. The molecule has 2 aromatic carbocycles. The number of halogens is 1. The molecule has 0 saturated heterocycles. The van der Waals surface area contributed by atoms with Crippen LogP contribution in [0, 0.1) is 3.57 Å². The largest absolute Gasteiger partial charge is 0.494 e. The number of furan rings is 1. The maximum absolute atomic E-state index is 12.4. The molecule has 1 aromatic heterocycles. The van der Waals surface area contributed by atoms with E-state index in [-0.39, 0.29) is 19.0 Å². The molecule has 0 unspecified atom stereocenters. The fourth-order valence-electron chi connectivity index (χ4n) is 2.90. The molecular formula is C23H23IN2O7. The fraction of sp³-hybridized carbons (Fsp3) is 0.261. The number of hydrogen-bond donors (Lipinski definition) is 1. The summed E-state index contributed by atoms with van der Waals surface area (Å²) in [5, 5.41) is 4.75. The van der Waals surface area contributed by atoms with Gasteiger partial charge in [0.1, 0.15) is 11.3 Å². The zero-order chi connectivity index (χ0) is 23.8. The van der Waals surface area contributed by atoms with E-state index in [4.69, 9.17) is 23.4 Å². The van der Waals surface area contributed by atoms with E-state index in [0.717, 1.165) is 5.39 Å². The van der Waals surface area contributed by atoms with E-state index in [1.54, 1.807) is 37.3 Å². The Morgan fingerprint density at radius 3 is 2.67 bits per heavy atom. The lowest BCUT2D eigenvalue weighted by Gasteiger charge is -2.13. The molecular weight excluding hydrogens is 543 g/mol. The number of nitrogens with one attached hydrogen (secondary N) is 1. The molecule has 1 amide bonds. The van der Waals surface area contributed by atoms with Gasteiger partial charge >= 0.3 is 11.9 Å². The molecule has 3 rings (SSSR count). The Hall–Kier alpha value is -3.28. The Labute approximate surface area is 204 Å². The molecule has 0 saturated carbocycles. The van der Waals surface area contributed by atoms with Gasteiger partial charge in [0, 0.05) is 5.39 Å². The summed E-state index contributed by atoms with van der Waals surface area (Å²) in [6, 6.07) is 10.4. The van der Waals surface area contributed by atoms with Crippen molar-refractivity contribution in [2.24, 2.45) is 5.10 Å². The van der Waals surface area contributed by atoms with Crippen molar-refractivity contribution in [2.45, 2.75) is 13.8 Å². The summed E-state index contributed by atoms with van der Waals surface area (Å²) in [6.45, 7) is 4.22. The molecule has 9 nitrogen and oxygen atoms in total. The summed E-state index contributed by atoms with van der Waals surface area (Å²) >= 11 is 2.06. The van der Waals surface area contributed by atoms with Crippen molar-refractivity contribution in [2.75, 3.05) is 26.9 Å². The number of esters is 1. The topological polar surface area (TPSA) is 109 Å². The van der Waals surface area contributed by atoms with Crippen molar-refractivity contribution in [3.05, 3.63) is 51.3 Å². The summed E-state index contributed by atoms with van der Waals surface area (Å²) in [4.78, 5) is 24.0. The molecule has 1 heterocycles. The highest BCUT2D eigenvalue weighted by Crippen LogP contribution is 2.33. The first kappa shape index (κ1) is 24.4. The van der Waals surface area contributed by atoms with Crippen molar-refractivity contribution >= 4 is 51.7 Å². The van der Waals surface area contributed by atoms with Crippen LogP contribution in [0.15, 0.2) is 45.9 Å². The number of hydrogen-bond acceptors (Lipinski definition) is 8. The van der Waals surface area contributed by atoms with E-state index >= 15 is 0 Å². The van der Waals surface area contributed by atoms with E-state index in [1.165, 1.54) is 13.3 Å². The van der Waals surface area contributed by atoms with Crippen molar-refractivity contribution in [3.63, 3.8) is 0 Å². The molecule has 0 fully saturated rings. The number of ether oxygens (including phenoxy) is 4. The normalized spacial score (nSPS) is 10.9. The molecule has 0 aliphatic heterocycles. The van der Waals surface area contributed by atoms with Crippen molar-refractivity contribution in [3.8, 4) is 17.2 Å². The van der Waals surface area contributed by atoms with Gasteiger partial charge in [-0.25, -0.2) is 10.2 Å². The van der Waals surface area contributed by atoms with Crippen LogP contribution in [0.5, 0.6) is 17.2 Å². The second-order valence-corrected chi connectivity index (χ2v) is 7.73. The van der Waals surface area contributed by atoms with Gasteiger partial charge < -0.3 is 23.4 Å². The maximum atomic E-state index is 12.4. The summed E-state index contributed by atoms with van der Waals surface area (Å²) in [7, 11) is 1.49. The van der Waals surface area contributed by atoms with E-state index in [9.17, 15) is 9.59 Å². The lowest BCUT2D eigenvalue weighted by Crippen LogP contribution is -2.17. The van der Waals surface area contributed by atoms with Crippen LogP contribution in [-0.4, -0.2) is 45.0 Å². The number of rotatable bonds is 10. The Morgan fingerprint density at radius 2 is 1.94 bits per heavy atom. The summed E-state index contributed by atoms with van der Waals surface area (Å²) < 4.78 is 27.5. The average Bonchev–Trinajstić information content (AvgIpc) is 3.22. The smallest absolute Gasteiger partial charge is 0.344 e. The molecule has 174 valence electrons. The quantitative estimate of drug-likeness (QED) is 0.170. The highest BCUT2D eigenvalue weighted by atomic mass is 127. The minimum Gasteiger partial charge on any atom is -0.494 e. The summed E-state index contributed by atoms with van der Waals surface area (Å²) in [5.74, 6) is 0.710. The van der Waals surface area contributed by atoms with Crippen LogP contribution >= 0.6 is 22.6 Å². The number of amides is 1. The lowest BCUT2D eigenvalue weighted by molar-refractivity contribution is -0.145. The van der Waals surface area contributed by atoms with Crippen LogP contribution in [0.2, 0.25) is 0 Å². The number of carbonyl (C=O) groups is 2. The fourth-order valence-corrected chi connectivity index (χ4v) is 3.68. The molecule has 0 aliphatic carbocycles. The van der Waals surface area contributed by atoms with Crippen LogP contribution in [0.3, 0.4) is 0 Å². The van der Waals surface area contributed by atoms with E-state index in [1.807, 2.05) is 13.0 Å². The Bertz CT molecular complexity index is 1170. The van der Waals surface area contributed by atoms with Crippen LogP contribution in [0.25, 0.3) is 11.0 Å². The van der Waals surface area contributed by atoms with Crippen LogP contribution in [-0.2, 0) is 9.53 Å².